The third-order valence-electron chi connectivity index (χ3n) is 3.93. The predicted molar refractivity (Wildman–Crippen MR) is 91.2 cm³/mol. The van der Waals surface area contributed by atoms with Gasteiger partial charge in [0.05, 0.1) is 37.4 Å². The Morgan fingerprint density at radius 3 is 2.58 bits per heavy atom. The van der Waals surface area contributed by atoms with Gasteiger partial charge in [-0.25, -0.2) is 0 Å². The normalized spacial score (nSPS) is 10.5. The molecule has 0 fully saturated rings. The van der Waals surface area contributed by atoms with Crippen molar-refractivity contribution in [3.63, 3.8) is 0 Å². The van der Waals surface area contributed by atoms with E-state index in [4.69, 9.17) is 4.74 Å². The minimum Gasteiger partial charge on any atom is -0.497 e. The molecule has 0 aliphatic carbocycles. The molecule has 24 heavy (non-hydrogen) atoms. The van der Waals surface area contributed by atoms with E-state index in [1.165, 1.54) is 7.11 Å². The Morgan fingerprint density at radius 1 is 1.21 bits per heavy atom. The number of esters is 1. The molecule has 0 N–H and O–H groups in total. The minimum absolute atomic E-state index is 0.142. The molecule has 1 aromatic carbocycles. The van der Waals surface area contributed by atoms with Gasteiger partial charge < -0.3 is 14.4 Å². The molecule has 2 rings (SSSR count). The number of aryl methyl sites for hydroxylation is 1. The molecule has 0 spiro atoms. The molecule has 0 atom stereocenters. The largest absolute Gasteiger partial charge is 0.497 e. The standard InChI is InChI=1S/C18H22N2O4/c1-5-20(9-8-17(21)24-4)18(22)15-11-13-10-14(23-3)6-7-16(13)19-12(15)2/h6-7,10-11H,5,8-9H2,1-4H3. The molecule has 6 heteroatoms. The molecular formula is C18H22N2O4. The quantitative estimate of drug-likeness (QED) is 0.762. The van der Waals surface area contributed by atoms with Gasteiger partial charge in [-0.15, -0.1) is 0 Å². The van der Waals surface area contributed by atoms with Crippen LogP contribution in [0.1, 0.15) is 29.4 Å². The number of hydrogen-bond donors (Lipinski definition) is 0. The molecule has 1 aromatic heterocycles. The van der Waals surface area contributed by atoms with Crippen LogP contribution in [0.3, 0.4) is 0 Å². The van der Waals surface area contributed by atoms with Crippen molar-refractivity contribution in [2.24, 2.45) is 0 Å². The van der Waals surface area contributed by atoms with E-state index in [0.717, 1.165) is 10.9 Å². The second-order valence-electron chi connectivity index (χ2n) is 5.39. The molecule has 1 heterocycles. The Hall–Kier alpha value is -2.63. The average Bonchev–Trinajstić information content (AvgIpc) is 2.60. The number of ether oxygens (including phenoxy) is 2. The van der Waals surface area contributed by atoms with Crippen LogP contribution in [0.15, 0.2) is 24.3 Å². The Balaban J connectivity index is 2.32. The fourth-order valence-electron chi connectivity index (χ4n) is 2.50. The third kappa shape index (κ3) is 3.82. The number of rotatable bonds is 6. The van der Waals surface area contributed by atoms with E-state index in [1.54, 1.807) is 12.0 Å². The zero-order chi connectivity index (χ0) is 17.7. The highest BCUT2D eigenvalue weighted by Gasteiger charge is 2.19. The van der Waals surface area contributed by atoms with Gasteiger partial charge in [-0.3, -0.25) is 14.6 Å². The average molecular weight is 330 g/mol. The molecule has 0 saturated heterocycles. The summed E-state index contributed by atoms with van der Waals surface area (Å²) < 4.78 is 9.86. The highest BCUT2D eigenvalue weighted by atomic mass is 16.5. The van der Waals surface area contributed by atoms with Gasteiger partial charge in [0.25, 0.3) is 5.91 Å². The van der Waals surface area contributed by atoms with Crippen LogP contribution < -0.4 is 4.74 Å². The molecule has 0 aliphatic rings. The van der Waals surface area contributed by atoms with E-state index < -0.39 is 0 Å². The summed E-state index contributed by atoms with van der Waals surface area (Å²) >= 11 is 0. The van der Waals surface area contributed by atoms with Crippen LogP contribution in [0.25, 0.3) is 10.9 Å². The van der Waals surface area contributed by atoms with Gasteiger partial charge in [0.15, 0.2) is 0 Å². The predicted octanol–water partition coefficient (Wildman–Crippen LogP) is 2.58. The van der Waals surface area contributed by atoms with Crippen molar-refractivity contribution in [2.75, 3.05) is 27.3 Å². The second-order valence-corrected chi connectivity index (χ2v) is 5.39. The maximum Gasteiger partial charge on any atom is 0.307 e. The van der Waals surface area contributed by atoms with Crippen molar-refractivity contribution in [1.82, 2.24) is 9.88 Å². The van der Waals surface area contributed by atoms with Crippen molar-refractivity contribution in [1.29, 1.82) is 0 Å². The SMILES string of the molecule is CCN(CCC(=O)OC)C(=O)c1cc2cc(OC)ccc2nc1C. The first-order valence-corrected chi connectivity index (χ1v) is 7.81. The van der Waals surface area contributed by atoms with Gasteiger partial charge in [-0.05, 0) is 38.1 Å². The highest BCUT2D eigenvalue weighted by Crippen LogP contribution is 2.22. The summed E-state index contributed by atoms with van der Waals surface area (Å²) in [6.07, 6.45) is 0.171. The molecule has 1 amide bonds. The first-order chi connectivity index (χ1) is 11.5. The lowest BCUT2D eigenvalue weighted by Crippen LogP contribution is -2.33. The summed E-state index contributed by atoms with van der Waals surface area (Å²) in [5.74, 6) is 0.236. The molecule has 128 valence electrons. The number of benzene rings is 1. The van der Waals surface area contributed by atoms with Crippen LogP contribution in [0.5, 0.6) is 5.75 Å². The van der Waals surface area contributed by atoms with E-state index in [0.29, 0.717) is 30.1 Å². The lowest BCUT2D eigenvalue weighted by atomic mass is 10.1. The summed E-state index contributed by atoms with van der Waals surface area (Å²) in [5.41, 5.74) is 2.00. The van der Waals surface area contributed by atoms with Gasteiger partial charge in [0, 0.05) is 18.5 Å². The monoisotopic (exact) mass is 330 g/mol. The summed E-state index contributed by atoms with van der Waals surface area (Å²) in [4.78, 5) is 30.2. The first kappa shape index (κ1) is 17.7. The van der Waals surface area contributed by atoms with Crippen LogP contribution >= 0.6 is 0 Å². The summed E-state index contributed by atoms with van der Waals surface area (Å²) in [6.45, 7) is 4.51. The molecule has 0 unspecified atom stereocenters. The van der Waals surface area contributed by atoms with E-state index in [1.807, 2.05) is 38.1 Å². The van der Waals surface area contributed by atoms with E-state index >= 15 is 0 Å². The van der Waals surface area contributed by atoms with Crippen LogP contribution in [-0.2, 0) is 9.53 Å². The zero-order valence-electron chi connectivity index (χ0n) is 14.5. The number of carbonyl (C=O) groups is 2. The van der Waals surface area contributed by atoms with Crippen LogP contribution in [0, 0.1) is 6.92 Å². The van der Waals surface area contributed by atoms with Gasteiger partial charge in [-0.1, -0.05) is 0 Å². The number of pyridine rings is 1. The Labute approximate surface area is 141 Å². The Morgan fingerprint density at radius 2 is 1.96 bits per heavy atom. The number of nitrogens with zero attached hydrogens (tertiary/aromatic N) is 2. The van der Waals surface area contributed by atoms with Crippen molar-refractivity contribution >= 4 is 22.8 Å². The van der Waals surface area contributed by atoms with E-state index in [2.05, 4.69) is 9.72 Å². The number of aromatic nitrogens is 1. The first-order valence-electron chi connectivity index (χ1n) is 7.81. The topological polar surface area (TPSA) is 68.7 Å². The minimum atomic E-state index is -0.334. The number of amides is 1. The van der Waals surface area contributed by atoms with Gasteiger partial charge >= 0.3 is 5.97 Å². The molecule has 0 saturated carbocycles. The number of hydrogen-bond acceptors (Lipinski definition) is 5. The van der Waals surface area contributed by atoms with Crippen molar-refractivity contribution in [2.45, 2.75) is 20.3 Å². The molecule has 2 aromatic rings. The number of carbonyl (C=O) groups excluding carboxylic acids is 2. The Bertz CT molecular complexity index is 758. The summed E-state index contributed by atoms with van der Waals surface area (Å²) in [7, 11) is 2.94. The van der Waals surface area contributed by atoms with Crippen molar-refractivity contribution < 1.29 is 19.1 Å². The molecule has 0 aliphatic heterocycles. The van der Waals surface area contributed by atoms with Gasteiger partial charge in [0.2, 0.25) is 0 Å². The van der Waals surface area contributed by atoms with Crippen LogP contribution in [-0.4, -0.2) is 49.1 Å². The molecular weight excluding hydrogens is 308 g/mol. The molecule has 6 nitrogen and oxygen atoms in total. The third-order valence-corrected chi connectivity index (χ3v) is 3.93. The number of fused-ring (bicyclic) bond motifs is 1. The zero-order valence-corrected chi connectivity index (χ0v) is 14.5. The van der Waals surface area contributed by atoms with Gasteiger partial charge in [-0.2, -0.15) is 0 Å². The maximum absolute atomic E-state index is 12.8. The second kappa shape index (κ2) is 7.77. The van der Waals surface area contributed by atoms with Gasteiger partial charge in [0.1, 0.15) is 5.75 Å². The maximum atomic E-state index is 12.8. The van der Waals surface area contributed by atoms with Crippen LogP contribution in [0.2, 0.25) is 0 Å². The lowest BCUT2D eigenvalue weighted by Gasteiger charge is -2.21. The summed E-state index contributed by atoms with van der Waals surface area (Å²) in [6, 6.07) is 7.38. The fraction of sp³-hybridized carbons (Fsp3) is 0.389. The lowest BCUT2D eigenvalue weighted by molar-refractivity contribution is -0.140. The number of methoxy groups -OCH3 is 2. The van der Waals surface area contributed by atoms with Crippen LogP contribution in [0.4, 0.5) is 0 Å². The Kier molecular flexibility index (Phi) is 5.73. The highest BCUT2D eigenvalue weighted by molar-refractivity contribution is 5.99. The summed E-state index contributed by atoms with van der Waals surface area (Å²) in [5, 5.41) is 0.840. The molecule has 0 bridgehead atoms. The smallest absolute Gasteiger partial charge is 0.307 e. The van der Waals surface area contributed by atoms with Crippen molar-refractivity contribution in [3.05, 3.63) is 35.5 Å². The molecule has 0 radical (unpaired) electrons. The fourth-order valence-corrected chi connectivity index (χ4v) is 2.50. The van der Waals surface area contributed by atoms with E-state index in [9.17, 15) is 9.59 Å². The van der Waals surface area contributed by atoms with E-state index in [-0.39, 0.29) is 18.3 Å². The van der Waals surface area contributed by atoms with Crippen molar-refractivity contribution in [3.8, 4) is 5.75 Å².